The van der Waals surface area contributed by atoms with Crippen molar-refractivity contribution < 1.29 is 4.79 Å². The first-order valence-electron chi connectivity index (χ1n) is 5.75. The Hall–Kier alpha value is -1.35. The quantitative estimate of drug-likeness (QED) is 0.359. The Morgan fingerprint density at radius 1 is 1.55 bits per heavy atom. The average molecular weight is 401 g/mol. The van der Waals surface area contributed by atoms with Gasteiger partial charge >= 0.3 is 0 Å². The van der Waals surface area contributed by atoms with Crippen molar-refractivity contribution in [3.05, 3.63) is 44.8 Å². The van der Waals surface area contributed by atoms with Gasteiger partial charge in [0.15, 0.2) is 5.16 Å². The maximum atomic E-state index is 12.5. The van der Waals surface area contributed by atoms with Crippen molar-refractivity contribution in [1.29, 1.82) is 0 Å². The van der Waals surface area contributed by atoms with E-state index in [9.17, 15) is 9.59 Å². The number of carbonyl (C=O) groups excluding carboxylic acids is 1. The summed E-state index contributed by atoms with van der Waals surface area (Å²) in [4.78, 5) is 27.8. The molecular formula is C13H12IN3O2S. The van der Waals surface area contributed by atoms with Gasteiger partial charge < -0.3 is 5.73 Å². The fourth-order valence-electron chi connectivity index (χ4n) is 1.71. The van der Waals surface area contributed by atoms with Gasteiger partial charge in [0.2, 0.25) is 5.91 Å². The number of primary amides is 1. The Morgan fingerprint density at radius 2 is 2.30 bits per heavy atom. The van der Waals surface area contributed by atoms with Crippen LogP contribution in [0.1, 0.15) is 0 Å². The van der Waals surface area contributed by atoms with E-state index in [1.54, 1.807) is 18.2 Å². The van der Waals surface area contributed by atoms with E-state index < -0.39 is 5.91 Å². The number of benzene rings is 1. The number of rotatable bonds is 5. The molecule has 7 heteroatoms. The lowest BCUT2D eigenvalue weighted by atomic mass is 10.2. The SMILES string of the molecule is C=CCn1c(SCC(N)=O)nc2ccc(I)cc2c1=O. The average Bonchev–Trinajstić information content (AvgIpc) is 2.41. The molecule has 1 aromatic heterocycles. The number of carbonyl (C=O) groups is 1. The van der Waals surface area contributed by atoms with Crippen LogP contribution in [0.25, 0.3) is 10.9 Å². The molecule has 0 aliphatic heterocycles. The largest absolute Gasteiger partial charge is 0.369 e. The minimum Gasteiger partial charge on any atom is -0.369 e. The van der Waals surface area contributed by atoms with E-state index in [-0.39, 0.29) is 11.3 Å². The van der Waals surface area contributed by atoms with Gasteiger partial charge in [0.1, 0.15) is 0 Å². The van der Waals surface area contributed by atoms with Crippen LogP contribution in [0.2, 0.25) is 0 Å². The molecule has 0 bridgehead atoms. The van der Waals surface area contributed by atoms with Crippen LogP contribution < -0.4 is 11.3 Å². The minimum absolute atomic E-state index is 0.0828. The fourth-order valence-corrected chi connectivity index (χ4v) is 2.95. The number of fused-ring (bicyclic) bond motifs is 1. The van der Waals surface area contributed by atoms with Crippen molar-refractivity contribution in [2.24, 2.45) is 5.73 Å². The molecule has 0 atom stereocenters. The van der Waals surface area contributed by atoms with Crippen LogP contribution in [-0.4, -0.2) is 21.2 Å². The molecular weight excluding hydrogens is 389 g/mol. The van der Waals surface area contributed by atoms with Crippen molar-refractivity contribution in [2.45, 2.75) is 11.7 Å². The second kappa shape index (κ2) is 6.40. The van der Waals surface area contributed by atoms with Crippen LogP contribution in [0.3, 0.4) is 0 Å². The highest BCUT2D eigenvalue weighted by Crippen LogP contribution is 2.19. The first kappa shape index (κ1) is 15.0. The molecule has 0 aliphatic rings. The highest BCUT2D eigenvalue weighted by atomic mass is 127. The zero-order valence-electron chi connectivity index (χ0n) is 10.5. The number of hydrogen-bond donors (Lipinski definition) is 1. The lowest BCUT2D eigenvalue weighted by Gasteiger charge is -2.10. The number of amides is 1. The summed E-state index contributed by atoms with van der Waals surface area (Å²) in [6.45, 7) is 3.98. The van der Waals surface area contributed by atoms with E-state index in [0.29, 0.717) is 22.6 Å². The summed E-state index contributed by atoms with van der Waals surface area (Å²) < 4.78 is 2.47. The summed E-state index contributed by atoms with van der Waals surface area (Å²) in [7, 11) is 0. The summed E-state index contributed by atoms with van der Waals surface area (Å²) >= 11 is 3.31. The van der Waals surface area contributed by atoms with Crippen molar-refractivity contribution >= 4 is 51.2 Å². The van der Waals surface area contributed by atoms with Gasteiger partial charge in [-0.15, -0.1) is 6.58 Å². The number of nitrogens with zero attached hydrogens (tertiary/aromatic N) is 2. The Balaban J connectivity index is 2.63. The van der Waals surface area contributed by atoms with E-state index in [0.717, 1.165) is 15.3 Å². The molecule has 5 nitrogen and oxygen atoms in total. The Bertz CT molecular complexity index is 742. The van der Waals surface area contributed by atoms with E-state index in [2.05, 4.69) is 34.2 Å². The second-order valence-electron chi connectivity index (χ2n) is 4.02. The third-order valence-electron chi connectivity index (χ3n) is 2.54. The summed E-state index contributed by atoms with van der Waals surface area (Å²) in [5.41, 5.74) is 5.61. The molecule has 2 rings (SSSR count). The lowest BCUT2D eigenvalue weighted by molar-refractivity contribution is -0.115. The number of nitrogens with two attached hydrogens (primary N) is 1. The molecule has 0 unspecified atom stereocenters. The van der Waals surface area contributed by atoms with Gasteiger partial charge in [-0.25, -0.2) is 4.98 Å². The van der Waals surface area contributed by atoms with Crippen LogP contribution in [0.4, 0.5) is 0 Å². The van der Waals surface area contributed by atoms with Crippen LogP contribution >= 0.6 is 34.4 Å². The van der Waals surface area contributed by atoms with Gasteiger partial charge in [0, 0.05) is 10.1 Å². The second-order valence-corrected chi connectivity index (χ2v) is 6.20. The standard InChI is InChI=1S/C13H12IN3O2S/c1-2-5-17-12(19)9-6-8(14)3-4-10(9)16-13(17)20-7-11(15)18/h2-4,6H,1,5,7H2,(H2,15,18). The number of aromatic nitrogens is 2. The van der Waals surface area contributed by atoms with Gasteiger partial charge in [-0.2, -0.15) is 0 Å². The lowest BCUT2D eigenvalue weighted by Crippen LogP contribution is -2.24. The van der Waals surface area contributed by atoms with Crippen molar-refractivity contribution in [3.8, 4) is 0 Å². The Morgan fingerprint density at radius 3 is 2.95 bits per heavy atom. The molecule has 1 aromatic carbocycles. The number of halogens is 1. The summed E-state index contributed by atoms with van der Waals surface area (Å²) in [5.74, 6) is -0.364. The van der Waals surface area contributed by atoms with Gasteiger partial charge in [0.05, 0.1) is 16.7 Å². The van der Waals surface area contributed by atoms with E-state index in [1.807, 2.05) is 6.07 Å². The third kappa shape index (κ3) is 3.21. The summed E-state index contributed by atoms with van der Waals surface area (Å²) in [6, 6.07) is 5.48. The smallest absolute Gasteiger partial charge is 0.262 e. The van der Waals surface area contributed by atoms with Crippen LogP contribution in [0.5, 0.6) is 0 Å². The zero-order valence-corrected chi connectivity index (χ0v) is 13.5. The molecule has 0 fully saturated rings. The first-order chi connectivity index (χ1) is 9.52. The van der Waals surface area contributed by atoms with E-state index in [4.69, 9.17) is 5.73 Å². The van der Waals surface area contributed by atoms with Gasteiger partial charge in [0.25, 0.3) is 5.56 Å². The molecule has 0 saturated carbocycles. The summed E-state index contributed by atoms with van der Waals surface area (Å²) in [6.07, 6.45) is 1.62. The predicted octanol–water partition coefficient (Wildman–Crippen LogP) is 1.76. The molecule has 0 spiro atoms. The van der Waals surface area contributed by atoms with Crippen molar-refractivity contribution in [3.63, 3.8) is 0 Å². The number of allylic oxidation sites excluding steroid dienone is 1. The van der Waals surface area contributed by atoms with Crippen molar-refractivity contribution in [1.82, 2.24) is 9.55 Å². The van der Waals surface area contributed by atoms with E-state index >= 15 is 0 Å². The minimum atomic E-state index is -0.447. The maximum absolute atomic E-state index is 12.5. The highest BCUT2D eigenvalue weighted by Gasteiger charge is 2.11. The van der Waals surface area contributed by atoms with Gasteiger partial charge in [-0.05, 0) is 40.8 Å². The molecule has 1 amide bonds. The molecule has 0 saturated heterocycles. The molecule has 0 aliphatic carbocycles. The maximum Gasteiger partial charge on any atom is 0.262 e. The van der Waals surface area contributed by atoms with Crippen LogP contribution in [0, 0.1) is 3.57 Å². The Labute approximate surface area is 133 Å². The van der Waals surface area contributed by atoms with Crippen LogP contribution in [-0.2, 0) is 11.3 Å². The predicted molar refractivity (Wildman–Crippen MR) is 88.8 cm³/mol. The molecule has 20 heavy (non-hydrogen) atoms. The normalized spacial score (nSPS) is 10.7. The molecule has 1 heterocycles. The van der Waals surface area contributed by atoms with E-state index in [1.165, 1.54) is 4.57 Å². The third-order valence-corrected chi connectivity index (χ3v) is 4.21. The number of hydrogen-bond acceptors (Lipinski definition) is 4. The fraction of sp³-hybridized carbons (Fsp3) is 0.154. The monoisotopic (exact) mass is 401 g/mol. The topological polar surface area (TPSA) is 78.0 Å². The number of thioether (sulfide) groups is 1. The molecule has 2 N–H and O–H groups in total. The highest BCUT2D eigenvalue weighted by molar-refractivity contribution is 14.1. The van der Waals surface area contributed by atoms with Crippen LogP contribution in [0.15, 0.2) is 40.8 Å². The zero-order chi connectivity index (χ0) is 14.7. The Kier molecular flexibility index (Phi) is 4.81. The molecule has 2 aromatic rings. The first-order valence-corrected chi connectivity index (χ1v) is 7.81. The van der Waals surface area contributed by atoms with Crippen molar-refractivity contribution in [2.75, 3.05) is 5.75 Å². The molecule has 104 valence electrons. The van der Waals surface area contributed by atoms with Gasteiger partial charge in [-0.1, -0.05) is 17.8 Å². The summed E-state index contributed by atoms with van der Waals surface area (Å²) in [5, 5.41) is 1.03. The molecule has 0 radical (unpaired) electrons. The van der Waals surface area contributed by atoms with Gasteiger partial charge in [-0.3, -0.25) is 14.2 Å².